The molecule has 9 nitrogen and oxygen atoms in total. The molecule has 0 unspecified atom stereocenters. The van der Waals surface area contributed by atoms with Gasteiger partial charge in [-0.1, -0.05) is 24.3 Å². The fourth-order valence-electron chi connectivity index (χ4n) is 4.69. The van der Waals surface area contributed by atoms with Crippen molar-refractivity contribution in [3.05, 3.63) is 95.9 Å². The van der Waals surface area contributed by atoms with Crippen LogP contribution in [0.25, 0.3) is 10.9 Å². The zero-order valence-electron chi connectivity index (χ0n) is 21.7. The lowest BCUT2D eigenvalue weighted by Crippen LogP contribution is -2.37. The topological polar surface area (TPSA) is 109 Å². The number of carbonyl (C=O) groups excluding carboxylic acids is 2. The molecule has 1 aromatic heterocycles. The number of para-hydroxylation sites is 1. The lowest BCUT2D eigenvalue weighted by molar-refractivity contribution is 0.0715. The fraction of sp³-hybridized carbons (Fsp3) is 0.207. The molecular formula is C29H27FN4O5S. The minimum Gasteiger partial charge on any atom is -0.494 e. The van der Waals surface area contributed by atoms with E-state index < -0.39 is 21.7 Å². The van der Waals surface area contributed by atoms with Crippen LogP contribution < -0.4 is 9.46 Å². The van der Waals surface area contributed by atoms with E-state index in [1.54, 1.807) is 47.4 Å². The number of aromatic nitrogens is 1. The zero-order valence-corrected chi connectivity index (χ0v) is 22.5. The van der Waals surface area contributed by atoms with Gasteiger partial charge in [0.05, 0.1) is 18.2 Å². The fourth-order valence-corrected chi connectivity index (χ4v) is 5.93. The number of fused-ring (bicyclic) bond motifs is 1. The molecule has 2 heterocycles. The number of halogens is 1. The Labute approximate surface area is 231 Å². The number of methoxy groups -OCH3 is 1. The smallest absolute Gasteiger partial charge is 0.264 e. The van der Waals surface area contributed by atoms with Crippen LogP contribution in [-0.2, 0) is 10.0 Å². The van der Waals surface area contributed by atoms with E-state index in [0.29, 0.717) is 41.7 Å². The maximum atomic E-state index is 14.6. The molecule has 3 aromatic carbocycles. The monoisotopic (exact) mass is 562 g/mol. The van der Waals surface area contributed by atoms with E-state index in [0.717, 1.165) is 0 Å². The normalized spacial score (nSPS) is 14.1. The minimum absolute atomic E-state index is 0.00278. The first-order valence-corrected chi connectivity index (χ1v) is 14.1. The Balaban J connectivity index is 1.25. The Hall–Kier alpha value is -4.51. The van der Waals surface area contributed by atoms with Crippen molar-refractivity contribution in [3.63, 3.8) is 0 Å². The molecule has 1 aliphatic heterocycles. The lowest BCUT2D eigenvalue weighted by Gasteiger charge is -2.23. The summed E-state index contributed by atoms with van der Waals surface area (Å²) < 4.78 is 48.3. The maximum Gasteiger partial charge on any atom is 0.264 e. The third-order valence-electron chi connectivity index (χ3n) is 6.75. The van der Waals surface area contributed by atoms with Crippen LogP contribution in [0.1, 0.15) is 27.1 Å². The molecular weight excluding hydrogens is 535 g/mol. The Kier molecular flexibility index (Phi) is 7.65. The average molecular weight is 563 g/mol. The molecule has 4 aromatic rings. The van der Waals surface area contributed by atoms with Gasteiger partial charge in [-0.15, -0.1) is 0 Å². The second kappa shape index (κ2) is 11.3. The first-order chi connectivity index (χ1) is 19.3. The average Bonchev–Trinajstić information content (AvgIpc) is 3.23. The molecule has 0 radical (unpaired) electrons. The number of ether oxygens (including phenoxy) is 1. The highest BCUT2D eigenvalue weighted by atomic mass is 32.2. The lowest BCUT2D eigenvalue weighted by atomic mass is 10.1. The van der Waals surface area contributed by atoms with Gasteiger partial charge in [-0.25, -0.2) is 12.8 Å². The first kappa shape index (κ1) is 27.1. The Morgan fingerprint density at radius 1 is 0.875 bits per heavy atom. The summed E-state index contributed by atoms with van der Waals surface area (Å²) in [6.45, 7) is 1.32. The molecule has 11 heteroatoms. The van der Waals surface area contributed by atoms with Gasteiger partial charge in [-0.05, 0) is 55.0 Å². The summed E-state index contributed by atoms with van der Waals surface area (Å²) in [6.07, 6.45) is 2.07. The summed E-state index contributed by atoms with van der Waals surface area (Å²) in [5.74, 6) is -1.41. The van der Waals surface area contributed by atoms with Gasteiger partial charge < -0.3 is 14.5 Å². The summed E-state index contributed by atoms with van der Waals surface area (Å²) in [6, 6.07) is 19.1. The van der Waals surface area contributed by atoms with Crippen LogP contribution >= 0.6 is 0 Å². The predicted octanol–water partition coefficient (Wildman–Crippen LogP) is 4.17. The molecule has 1 N–H and O–H groups in total. The van der Waals surface area contributed by atoms with Gasteiger partial charge in [0.1, 0.15) is 4.90 Å². The number of amides is 2. The highest BCUT2D eigenvalue weighted by molar-refractivity contribution is 7.93. The zero-order chi connectivity index (χ0) is 28.3. The highest BCUT2D eigenvalue weighted by Crippen LogP contribution is 2.24. The molecule has 1 saturated heterocycles. The maximum absolute atomic E-state index is 14.6. The van der Waals surface area contributed by atoms with Gasteiger partial charge in [-0.3, -0.25) is 19.3 Å². The van der Waals surface area contributed by atoms with Gasteiger partial charge in [-0.2, -0.15) is 0 Å². The van der Waals surface area contributed by atoms with Crippen molar-refractivity contribution >= 4 is 38.4 Å². The van der Waals surface area contributed by atoms with Crippen molar-refractivity contribution in [1.82, 2.24) is 14.8 Å². The quantitative estimate of drug-likeness (QED) is 0.378. The number of anilines is 1. The number of sulfonamides is 1. The minimum atomic E-state index is -3.92. The van der Waals surface area contributed by atoms with E-state index >= 15 is 0 Å². The number of hydrogen-bond donors (Lipinski definition) is 1. The summed E-state index contributed by atoms with van der Waals surface area (Å²) in [7, 11) is -2.58. The molecule has 0 spiro atoms. The van der Waals surface area contributed by atoms with Crippen molar-refractivity contribution in [2.75, 3.05) is 38.0 Å². The molecule has 1 fully saturated rings. The Morgan fingerprint density at radius 2 is 1.55 bits per heavy atom. The Bertz CT molecular complexity index is 1670. The second-order valence-corrected chi connectivity index (χ2v) is 10.9. The van der Waals surface area contributed by atoms with Crippen LogP contribution in [0.3, 0.4) is 0 Å². The van der Waals surface area contributed by atoms with E-state index in [1.807, 2.05) is 0 Å². The summed E-state index contributed by atoms with van der Waals surface area (Å²) in [5.41, 5.74) is 0.981. The molecule has 2 amide bonds. The van der Waals surface area contributed by atoms with E-state index in [4.69, 9.17) is 4.74 Å². The number of benzene rings is 3. The number of carbonyl (C=O) groups is 2. The van der Waals surface area contributed by atoms with E-state index in [1.165, 1.54) is 48.5 Å². The summed E-state index contributed by atoms with van der Waals surface area (Å²) >= 11 is 0. The number of nitrogens with one attached hydrogen (secondary N) is 1. The molecule has 0 aliphatic carbocycles. The van der Waals surface area contributed by atoms with Crippen molar-refractivity contribution < 1.29 is 27.1 Å². The van der Waals surface area contributed by atoms with Crippen LogP contribution in [0.2, 0.25) is 0 Å². The number of nitrogens with zero attached hydrogens (tertiary/aromatic N) is 3. The summed E-state index contributed by atoms with van der Waals surface area (Å²) in [4.78, 5) is 33.6. The van der Waals surface area contributed by atoms with E-state index in [9.17, 15) is 22.4 Å². The van der Waals surface area contributed by atoms with Gasteiger partial charge >= 0.3 is 0 Å². The highest BCUT2D eigenvalue weighted by Gasteiger charge is 2.26. The van der Waals surface area contributed by atoms with E-state index in [-0.39, 0.29) is 35.2 Å². The second-order valence-electron chi connectivity index (χ2n) is 9.27. The van der Waals surface area contributed by atoms with Crippen molar-refractivity contribution in [2.24, 2.45) is 0 Å². The summed E-state index contributed by atoms with van der Waals surface area (Å²) in [5, 5.41) is 0.706. The standard InChI is InChI=1S/C29H27FN4O5S/c1-39-24-9-3-8-23(26(24)30)29(36)34-17-5-16-33(18-19-34)28(35)21-11-13-22(14-12-21)32-40(37,38)25-10-2-6-20-7-4-15-31-27(20)25/h2-4,6-15,32H,5,16-19H2,1H3. The number of hydrogen-bond acceptors (Lipinski definition) is 6. The molecule has 0 bridgehead atoms. The number of rotatable bonds is 6. The first-order valence-electron chi connectivity index (χ1n) is 12.7. The number of pyridine rings is 1. The van der Waals surface area contributed by atoms with Gasteiger partial charge in [0.2, 0.25) is 0 Å². The van der Waals surface area contributed by atoms with Gasteiger partial charge in [0.15, 0.2) is 11.6 Å². The van der Waals surface area contributed by atoms with Gasteiger partial charge in [0, 0.05) is 49.0 Å². The van der Waals surface area contributed by atoms with Crippen LogP contribution in [0.4, 0.5) is 10.1 Å². The molecule has 5 rings (SSSR count). The van der Waals surface area contributed by atoms with Crippen molar-refractivity contribution in [1.29, 1.82) is 0 Å². The van der Waals surface area contributed by atoms with Crippen LogP contribution in [0, 0.1) is 5.82 Å². The Morgan fingerprint density at radius 3 is 2.27 bits per heavy atom. The molecule has 206 valence electrons. The molecule has 0 saturated carbocycles. The van der Waals surface area contributed by atoms with Crippen LogP contribution in [0.5, 0.6) is 5.75 Å². The molecule has 40 heavy (non-hydrogen) atoms. The van der Waals surface area contributed by atoms with Crippen LogP contribution in [-0.4, -0.2) is 68.3 Å². The van der Waals surface area contributed by atoms with Crippen molar-refractivity contribution in [2.45, 2.75) is 11.3 Å². The third kappa shape index (κ3) is 5.46. The SMILES string of the molecule is COc1cccc(C(=O)N2CCCN(C(=O)c3ccc(NS(=O)(=O)c4cccc5cccnc45)cc3)CC2)c1F. The van der Waals surface area contributed by atoms with E-state index in [2.05, 4.69) is 9.71 Å². The molecule has 1 aliphatic rings. The van der Waals surface area contributed by atoms with Crippen LogP contribution in [0.15, 0.2) is 83.9 Å². The molecule has 0 atom stereocenters. The van der Waals surface area contributed by atoms with Gasteiger partial charge in [0.25, 0.3) is 21.8 Å². The predicted molar refractivity (Wildman–Crippen MR) is 148 cm³/mol. The largest absolute Gasteiger partial charge is 0.494 e. The van der Waals surface area contributed by atoms with Crippen molar-refractivity contribution in [3.8, 4) is 5.75 Å². The third-order valence-corrected chi connectivity index (χ3v) is 8.17.